The zero-order valence-corrected chi connectivity index (χ0v) is 21.2. The first-order valence-corrected chi connectivity index (χ1v) is 12.5. The van der Waals surface area contributed by atoms with Gasteiger partial charge in [0.05, 0.1) is 15.8 Å². The Morgan fingerprint density at radius 3 is 2.44 bits per heavy atom. The van der Waals surface area contributed by atoms with E-state index >= 15 is 0 Å². The SMILES string of the molecule is CC[C@@H](C)NC(=O)[C@@H](C)N(Cc1ccc(Cl)c(Cl)c1)C(=O)CSCc1c(F)cccc1Cl. The molecule has 0 bridgehead atoms. The van der Waals surface area contributed by atoms with Crippen LogP contribution in [0.1, 0.15) is 38.3 Å². The molecule has 174 valence electrons. The monoisotopic (exact) mass is 518 g/mol. The number of halogens is 4. The third kappa shape index (κ3) is 7.55. The molecule has 32 heavy (non-hydrogen) atoms. The van der Waals surface area contributed by atoms with Crippen molar-refractivity contribution in [3.63, 3.8) is 0 Å². The van der Waals surface area contributed by atoms with Gasteiger partial charge in [-0.15, -0.1) is 11.8 Å². The fraction of sp³-hybridized carbons (Fsp3) is 0.391. The van der Waals surface area contributed by atoms with Crippen LogP contribution in [0.15, 0.2) is 36.4 Å². The number of rotatable bonds is 10. The van der Waals surface area contributed by atoms with Crippen LogP contribution in [-0.4, -0.2) is 34.6 Å². The maximum Gasteiger partial charge on any atom is 0.242 e. The van der Waals surface area contributed by atoms with Gasteiger partial charge in [0.25, 0.3) is 0 Å². The largest absolute Gasteiger partial charge is 0.352 e. The summed E-state index contributed by atoms with van der Waals surface area (Å²) in [5, 5.41) is 4.01. The summed E-state index contributed by atoms with van der Waals surface area (Å²) in [7, 11) is 0. The van der Waals surface area contributed by atoms with Gasteiger partial charge in [0.2, 0.25) is 11.8 Å². The molecule has 0 radical (unpaired) electrons. The molecule has 2 atom stereocenters. The molecule has 2 aromatic rings. The fourth-order valence-corrected chi connectivity index (χ4v) is 4.45. The van der Waals surface area contributed by atoms with E-state index in [1.807, 2.05) is 13.8 Å². The lowest BCUT2D eigenvalue weighted by Crippen LogP contribution is -2.50. The summed E-state index contributed by atoms with van der Waals surface area (Å²) in [5.74, 6) is -0.597. The first-order chi connectivity index (χ1) is 15.1. The molecule has 4 nitrogen and oxygen atoms in total. The third-order valence-electron chi connectivity index (χ3n) is 5.04. The van der Waals surface area contributed by atoms with Crippen molar-refractivity contribution in [3.8, 4) is 0 Å². The molecule has 0 aliphatic rings. The molecule has 2 aromatic carbocycles. The second-order valence-electron chi connectivity index (χ2n) is 7.46. The number of nitrogens with zero attached hydrogens (tertiary/aromatic N) is 1. The molecule has 0 spiro atoms. The van der Waals surface area contributed by atoms with Gasteiger partial charge in [-0.2, -0.15) is 0 Å². The molecule has 2 rings (SSSR count). The quantitative estimate of drug-likeness (QED) is 0.398. The molecule has 0 aliphatic carbocycles. The minimum Gasteiger partial charge on any atom is -0.352 e. The van der Waals surface area contributed by atoms with Gasteiger partial charge in [-0.1, -0.05) is 53.9 Å². The van der Waals surface area contributed by atoms with Crippen LogP contribution in [0.4, 0.5) is 4.39 Å². The minimum atomic E-state index is -0.705. The number of carbonyl (C=O) groups excluding carboxylic acids is 2. The highest BCUT2D eigenvalue weighted by molar-refractivity contribution is 7.99. The predicted molar refractivity (Wildman–Crippen MR) is 132 cm³/mol. The highest BCUT2D eigenvalue weighted by Crippen LogP contribution is 2.26. The van der Waals surface area contributed by atoms with Crippen LogP contribution < -0.4 is 5.32 Å². The summed E-state index contributed by atoms with van der Waals surface area (Å²) in [6, 6.07) is 8.86. The van der Waals surface area contributed by atoms with Gasteiger partial charge in [-0.25, -0.2) is 4.39 Å². The number of hydrogen-bond donors (Lipinski definition) is 1. The molecule has 0 fully saturated rings. The van der Waals surface area contributed by atoms with Crippen LogP contribution in [0, 0.1) is 5.82 Å². The lowest BCUT2D eigenvalue weighted by Gasteiger charge is -2.29. The fourth-order valence-electron chi connectivity index (χ4n) is 2.88. The van der Waals surface area contributed by atoms with E-state index in [0.717, 1.165) is 12.0 Å². The van der Waals surface area contributed by atoms with Crippen LogP contribution >= 0.6 is 46.6 Å². The average Bonchev–Trinajstić information content (AvgIpc) is 2.75. The number of thioether (sulfide) groups is 1. The summed E-state index contributed by atoms with van der Waals surface area (Å²) in [6.07, 6.45) is 0.776. The molecule has 0 unspecified atom stereocenters. The smallest absolute Gasteiger partial charge is 0.242 e. The maximum absolute atomic E-state index is 14.0. The average molecular weight is 520 g/mol. The Balaban J connectivity index is 2.15. The number of nitrogens with one attached hydrogen (secondary N) is 1. The van der Waals surface area contributed by atoms with Crippen molar-refractivity contribution < 1.29 is 14.0 Å². The Hall–Kier alpha value is -1.47. The van der Waals surface area contributed by atoms with E-state index in [1.54, 1.807) is 31.2 Å². The first-order valence-electron chi connectivity index (χ1n) is 10.2. The van der Waals surface area contributed by atoms with Crippen molar-refractivity contribution in [1.82, 2.24) is 10.2 Å². The van der Waals surface area contributed by atoms with Crippen LogP contribution in [0.3, 0.4) is 0 Å². The predicted octanol–water partition coefficient (Wildman–Crippen LogP) is 6.35. The van der Waals surface area contributed by atoms with Gasteiger partial charge in [-0.05, 0) is 50.1 Å². The summed E-state index contributed by atoms with van der Waals surface area (Å²) in [5.41, 5.74) is 1.10. The molecule has 0 saturated heterocycles. The van der Waals surface area contributed by atoms with Crippen LogP contribution in [-0.2, 0) is 21.9 Å². The van der Waals surface area contributed by atoms with Gasteiger partial charge >= 0.3 is 0 Å². The molecule has 2 amide bonds. The standard InChI is InChI=1S/C23H26Cl3FN2O2S/c1-4-14(2)28-23(31)15(3)29(11-16-8-9-19(25)20(26)10-16)22(30)13-32-12-17-18(24)6-5-7-21(17)27/h5-10,14-15H,4,11-13H2,1-3H3,(H,28,31)/t14-,15-/m1/s1. The Kier molecular flexibility index (Phi) is 10.6. The van der Waals surface area contributed by atoms with Gasteiger partial charge in [0.1, 0.15) is 11.9 Å². The van der Waals surface area contributed by atoms with Gasteiger partial charge < -0.3 is 10.2 Å². The second kappa shape index (κ2) is 12.7. The van der Waals surface area contributed by atoms with Crippen LogP contribution in [0.2, 0.25) is 15.1 Å². The Labute approximate surface area is 207 Å². The Bertz CT molecular complexity index is 941. The summed E-state index contributed by atoms with van der Waals surface area (Å²) >= 11 is 19.4. The first kappa shape index (κ1) is 26.8. The minimum absolute atomic E-state index is 0.00977. The summed E-state index contributed by atoms with van der Waals surface area (Å²) in [4.78, 5) is 27.3. The zero-order chi connectivity index (χ0) is 23.8. The molecule has 1 N–H and O–H groups in total. The summed E-state index contributed by atoms with van der Waals surface area (Å²) < 4.78 is 14.0. The van der Waals surface area contributed by atoms with Crippen molar-refractivity contribution in [2.24, 2.45) is 0 Å². The second-order valence-corrected chi connectivity index (χ2v) is 9.66. The number of benzene rings is 2. The normalized spacial score (nSPS) is 12.8. The van der Waals surface area contributed by atoms with E-state index in [2.05, 4.69) is 5.32 Å². The number of amides is 2. The lowest BCUT2D eigenvalue weighted by molar-refractivity contribution is -0.138. The van der Waals surface area contributed by atoms with E-state index in [0.29, 0.717) is 20.6 Å². The van der Waals surface area contributed by atoms with Gasteiger partial charge in [-0.3, -0.25) is 9.59 Å². The van der Waals surface area contributed by atoms with Gasteiger partial charge in [0, 0.05) is 28.9 Å². The van der Waals surface area contributed by atoms with Gasteiger partial charge in [0.15, 0.2) is 0 Å². The van der Waals surface area contributed by atoms with Crippen molar-refractivity contribution >= 4 is 58.4 Å². The molecule has 0 heterocycles. The lowest BCUT2D eigenvalue weighted by atomic mass is 10.1. The van der Waals surface area contributed by atoms with Crippen molar-refractivity contribution in [2.75, 3.05) is 5.75 Å². The molecule has 0 aromatic heterocycles. The van der Waals surface area contributed by atoms with E-state index in [1.165, 1.54) is 28.8 Å². The van der Waals surface area contributed by atoms with E-state index in [4.69, 9.17) is 34.8 Å². The molecule has 0 saturated carbocycles. The van der Waals surface area contributed by atoms with E-state index in [-0.39, 0.29) is 35.9 Å². The van der Waals surface area contributed by atoms with Crippen molar-refractivity contribution in [3.05, 3.63) is 68.4 Å². The molecule has 0 aliphatic heterocycles. The Morgan fingerprint density at radius 1 is 1.09 bits per heavy atom. The highest BCUT2D eigenvalue weighted by Gasteiger charge is 2.27. The number of hydrogen-bond acceptors (Lipinski definition) is 3. The van der Waals surface area contributed by atoms with E-state index in [9.17, 15) is 14.0 Å². The zero-order valence-electron chi connectivity index (χ0n) is 18.1. The topological polar surface area (TPSA) is 49.4 Å². The van der Waals surface area contributed by atoms with E-state index < -0.39 is 11.9 Å². The van der Waals surface area contributed by atoms with Crippen LogP contribution in [0.25, 0.3) is 0 Å². The third-order valence-corrected chi connectivity index (χ3v) is 7.08. The van der Waals surface area contributed by atoms with Crippen LogP contribution in [0.5, 0.6) is 0 Å². The number of carbonyl (C=O) groups is 2. The van der Waals surface area contributed by atoms with Crippen molar-refractivity contribution in [1.29, 1.82) is 0 Å². The molecule has 9 heteroatoms. The van der Waals surface area contributed by atoms with Crippen molar-refractivity contribution in [2.45, 2.75) is 51.6 Å². The summed E-state index contributed by atoms with van der Waals surface area (Å²) in [6.45, 7) is 5.75. The molecular formula is C23H26Cl3FN2O2S. The molecular weight excluding hydrogens is 494 g/mol. The maximum atomic E-state index is 14.0. The highest BCUT2D eigenvalue weighted by atomic mass is 35.5. The Morgan fingerprint density at radius 2 is 1.81 bits per heavy atom.